The van der Waals surface area contributed by atoms with Crippen molar-refractivity contribution in [1.82, 2.24) is 5.32 Å². The van der Waals surface area contributed by atoms with Gasteiger partial charge in [0.15, 0.2) is 0 Å². The van der Waals surface area contributed by atoms with Gasteiger partial charge in [-0.05, 0) is 89.5 Å². The Kier molecular flexibility index (Phi) is 57.2. The molecule has 3 unspecified atom stereocenters. The third-order valence-corrected chi connectivity index (χ3v) is 15.9. The van der Waals surface area contributed by atoms with Crippen LogP contribution in [0.4, 0.5) is 0 Å². The van der Waals surface area contributed by atoms with E-state index in [-0.39, 0.29) is 24.9 Å². The first-order valence-corrected chi connectivity index (χ1v) is 35.1. The van der Waals surface area contributed by atoms with Crippen LogP contribution in [0.15, 0.2) is 60.8 Å². The van der Waals surface area contributed by atoms with Crippen LogP contribution in [-0.4, -0.2) is 69.4 Å². The van der Waals surface area contributed by atoms with E-state index in [1.807, 2.05) is 33.3 Å². The standard InChI is InChI=1S/C69H129N2O7P/c1-7-10-13-16-19-22-25-28-30-31-32-33-34-35-36-37-38-39-40-41-42-43-46-49-52-55-58-61-68(72)70-66(65-77-79(74,75)76-64-63-71(4,5)6)67(60-57-54-51-48-45-27-24-21-18-15-12-9-3)78-69(73)62-59-56-53-50-47-44-29-26-23-20-17-14-11-8-2/h11,14,20,23,28-30,44,57,60,66-67H,7-10,12-13,15-19,21-22,24-27,31-43,45-56,58-59,61-65H2,1-6H3,(H-,70,72,74,75)/b14-11+,23-20+,30-28+,44-29+,60-57-. The minimum absolute atomic E-state index is 0.0261. The van der Waals surface area contributed by atoms with Crippen LogP contribution in [0.5, 0.6) is 0 Å². The van der Waals surface area contributed by atoms with Crippen LogP contribution in [0.3, 0.4) is 0 Å². The molecular weight excluding hydrogens is 1000 g/mol. The highest BCUT2D eigenvalue weighted by atomic mass is 31.2. The summed E-state index contributed by atoms with van der Waals surface area (Å²) in [6.45, 7) is 6.74. The quantitative estimate of drug-likeness (QED) is 0.0212. The SMILES string of the molecule is CC/C=C/C/C=C/C/C=C/CCCCCCC(=O)OC(/C=C\CCCCCCCCCCCC)C(COP(=O)([O-])OCC[N+](C)(C)C)NC(=O)CCCCCCCCCCCCCCCCCCC/C=C/CCCCCCCC. The molecule has 9 nitrogen and oxygen atoms in total. The molecule has 0 bridgehead atoms. The molecule has 0 heterocycles. The molecule has 0 aromatic heterocycles. The third kappa shape index (κ3) is 60.1. The Bertz CT molecular complexity index is 1540. The van der Waals surface area contributed by atoms with Crippen LogP contribution in [0, 0.1) is 0 Å². The fourth-order valence-electron chi connectivity index (χ4n) is 9.77. The molecule has 0 radical (unpaired) electrons. The molecular formula is C69H129N2O7P. The maximum atomic E-state index is 13.6. The molecule has 3 atom stereocenters. The van der Waals surface area contributed by atoms with Crippen LogP contribution in [0.1, 0.15) is 316 Å². The molecule has 1 amide bonds. The molecule has 0 aromatic rings. The zero-order valence-electron chi connectivity index (χ0n) is 52.8. The summed E-state index contributed by atoms with van der Waals surface area (Å²) in [6.07, 6.45) is 75.0. The number of nitrogens with one attached hydrogen (secondary N) is 1. The smallest absolute Gasteiger partial charge is 0.306 e. The van der Waals surface area contributed by atoms with Crippen LogP contribution in [-0.2, 0) is 27.9 Å². The zero-order chi connectivity index (χ0) is 57.9. The predicted octanol–water partition coefficient (Wildman–Crippen LogP) is 20.4. The van der Waals surface area contributed by atoms with E-state index in [1.165, 1.54) is 193 Å². The summed E-state index contributed by atoms with van der Waals surface area (Å²) >= 11 is 0. The van der Waals surface area contributed by atoms with Gasteiger partial charge in [-0.15, -0.1) is 0 Å². The number of phosphoric ester groups is 1. The van der Waals surface area contributed by atoms with Crippen LogP contribution in [0.2, 0.25) is 0 Å². The molecule has 10 heteroatoms. The maximum Gasteiger partial charge on any atom is 0.306 e. The number of hydrogen-bond donors (Lipinski definition) is 1. The minimum Gasteiger partial charge on any atom is -0.756 e. The summed E-state index contributed by atoms with van der Waals surface area (Å²) in [7, 11) is 1.18. The van der Waals surface area contributed by atoms with E-state index in [4.69, 9.17) is 13.8 Å². The predicted molar refractivity (Wildman–Crippen MR) is 339 cm³/mol. The largest absolute Gasteiger partial charge is 0.756 e. The summed E-state index contributed by atoms with van der Waals surface area (Å²) in [5, 5.41) is 3.03. The number of rotatable bonds is 61. The summed E-state index contributed by atoms with van der Waals surface area (Å²) in [5.41, 5.74) is 0. The first kappa shape index (κ1) is 76.7. The van der Waals surface area contributed by atoms with E-state index >= 15 is 0 Å². The van der Waals surface area contributed by atoms with E-state index in [9.17, 15) is 19.0 Å². The highest BCUT2D eigenvalue weighted by Gasteiger charge is 2.27. The van der Waals surface area contributed by atoms with E-state index in [0.717, 1.165) is 83.5 Å². The number of carbonyl (C=O) groups is 2. The Labute approximate surface area is 490 Å². The Hall–Kier alpha value is -2.29. The highest BCUT2D eigenvalue weighted by Crippen LogP contribution is 2.38. The second-order valence-corrected chi connectivity index (χ2v) is 25.4. The van der Waals surface area contributed by atoms with Gasteiger partial charge in [0.25, 0.3) is 7.82 Å². The summed E-state index contributed by atoms with van der Waals surface area (Å²) in [5.74, 6) is -0.558. The number of hydrogen-bond acceptors (Lipinski definition) is 7. The molecule has 1 N–H and O–H groups in total. The lowest BCUT2D eigenvalue weighted by atomic mass is 10.0. The normalized spacial score (nSPS) is 14.0. The number of quaternary nitrogens is 1. The molecule has 0 aromatic carbocycles. The first-order valence-electron chi connectivity index (χ1n) is 33.6. The third-order valence-electron chi connectivity index (χ3n) is 14.9. The van der Waals surface area contributed by atoms with E-state index in [2.05, 4.69) is 74.7 Å². The van der Waals surface area contributed by atoms with Crippen molar-refractivity contribution in [1.29, 1.82) is 0 Å². The van der Waals surface area contributed by atoms with Gasteiger partial charge in [-0.3, -0.25) is 14.2 Å². The molecule has 79 heavy (non-hydrogen) atoms. The molecule has 0 aliphatic heterocycles. The number of esters is 1. The highest BCUT2D eigenvalue weighted by molar-refractivity contribution is 7.45. The van der Waals surface area contributed by atoms with E-state index in [0.29, 0.717) is 23.9 Å². The molecule has 0 rings (SSSR count). The number of phosphoric acid groups is 1. The topological polar surface area (TPSA) is 114 Å². The number of unbranched alkanes of at least 4 members (excludes halogenated alkanes) is 37. The van der Waals surface area contributed by atoms with Crippen molar-refractivity contribution in [3.05, 3.63) is 60.8 Å². The number of allylic oxidation sites excluding steroid dienone is 9. The lowest BCUT2D eigenvalue weighted by Gasteiger charge is -2.30. The fraction of sp³-hybridized carbons (Fsp3) is 0.826. The van der Waals surface area contributed by atoms with Crippen molar-refractivity contribution < 1.29 is 37.3 Å². The van der Waals surface area contributed by atoms with Crippen LogP contribution >= 0.6 is 7.82 Å². The van der Waals surface area contributed by atoms with Gasteiger partial charge >= 0.3 is 5.97 Å². The molecule has 0 aliphatic rings. The Morgan fingerprint density at radius 3 is 1.23 bits per heavy atom. The average molecular weight is 1130 g/mol. The number of ether oxygens (including phenoxy) is 1. The van der Waals surface area contributed by atoms with Gasteiger partial charge < -0.3 is 28.5 Å². The molecule has 0 saturated carbocycles. The summed E-state index contributed by atoms with van der Waals surface area (Å²) in [4.78, 5) is 40.0. The molecule has 0 aliphatic carbocycles. The Balaban J connectivity index is 5.01. The molecule has 0 spiro atoms. The van der Waals surface area contributed by atoms with E-state index in [1.54, 1.807) is 0 Å². The minimum atomic E-state index is -4.70. The van der Waals surface area contributed by atoms with Crippen molar-refractivity contribution in [3.8, 4) is 0 Å². The van der Waals surface area contributed by atoms with Crippen LogP contribution in [0.25, 0.3) is 0 Å². The van der Waals surface area contributed by atoms with Crippen molar-refractivity contribution in [2.24, 2.45) is 0 Å². The van der Waals surface area contributed by atoms with Gasteiger partial charge in [0.05, 0.1) is 33.8 Å². The lowest BCUT2D eigenvalue weighted by Crippen LogP contribution is -2.47. The van der Waals surface area contributed by atoms with Gasteiger partial charge in [-0.1, -0.05) is 275 Å². The number of amides is 1. The maximum absolute atomic E-state index is 13.6. The summed E-state index contributed by atoms with van der Waals surface area (Å²) < 4.78 is 30.3. The first-order chi connectivity index (χ1) is 38.4. The van der Waals surface area contributed by atoms with Gasteiger partial charge in [0, 0.05) is 12.8 Å². The monoisotopic (exact) mass is 1130 g/mol. The molecule has 0 fully saturated rings. The molecule has 0 saturated heterocycles. The van der Waals surface area contributed by atoms with Gasteiger partial charge in [0.2, 0.25) is 5.91 Å². The average Bonchev–Trinajstić information content (AvgIpc) is 3.41. The molecule has 462 valence electrons. The van der Waals surface area contributed by atoms with Gasteiger partial charge in [-0.25, -0.2) is 0 Å². The number of nitrogens with zero attached hydrogens (tertiary/aromatic N) is 1. The number of carbonyl (C=O) groups excluding carboxylic acids is 2. The summed E-state index contributed by atoms with van der Waals surface area (Å²) in [6, 6.07) is -0.897. The van der Waals surface area contributed by atoms with Crippen molar-refractivity contribution >= 4 is 19.7 Å². The second-order valence-electron chi connectivity index (χ2n) is 23.9. The zero-order valence-corrected chi connectivity index (χ0v) is 53.7. The van der Waals surface area contributed by atoms with Gasteiger partial charge in [0.1, 0.15) is 19.3 Å². The van der Waals surface area contributed by atoms with Gasteiger partial charge in [-0.2, -0.15) is 0 Å². The van der Waals surface area contributed by atoms with Crippen LogP contribution < -0.4 is 10.2 Å². The fourth-order valence-corrected chi connectivity index (χ4v) is 10.5. The van der Waals surface area contributed by atoms with Crippen molar-refractivity contribution in [3.63, 3.8) is 0 Å². The lowest BCUT2D eigenvalue weighted by molar-refractivity contribution is -0.870. The number of likely N-dealkylation sites (N-methyl/N-ethyl adjacent to an activating group) is 1. The second kappa shape index (κ2) is 58.9. The van der Waals surface area contributed by atoms with Crippen molar-refractivity contribution in [2.45, 2.75) is 328 Å². The Morgan fingerprint density at radius 1 is 0.456 bits per heavy atom. The van der Waals surface area contributed by atoms with E-state index < -0.39 is 26.6 Å². The Morgan fingerprint density at radius 2 is 0.810 bits per heavy atom. The van der Waals surface area contributed by atoms with Crippen molar-refractivity contribution in [2.75, 3.05) is 40.9 Å².